The van der Waals surface area contributed by atoms with Crippen LogP contribution < -0.4 is 9.47 Å². The maximum absolute atomic E-state index is 6.76. The summed E-state index contributed by atoms with van der Waals surface area (Å²) in [5, 5.41) is 2.38. The van der Waals surface area contributed by atoms with E-state index < -0.39 is 0 Å². The molecular formula is C42H60N2O2S3. The second kappa shape index (κ2) is 20.6. The zero-order chi connectivity index (χ0) is 34.3. The third-order valence-corrected chi connectivity index (χ3v) is 12.6. The minimum absolute atomic E-state index is 0.756. The number of hydrogen-bond acceptors (Lipinski definition) is 7. The van der Waals surface area contributed by atoms with Gasteiger partial charge in [0, 0.05) is 26.1 Å². The average molecular weight is 721 g/mol. The van der Waals surface area contributed by atoms with Crippen LogP contribution >= 0.6 is 34.4 Å². The molecule has 3 aromatic heterocycles. The topological polar surface area (TPSA) is 44.2 Å². The second-order valence-electron chi connectivity index (χ2n) is 14.1. The van der Waals surface area contributed by atoms with E-state index in [9.17, 15) is 0 Å². The number of rotatable bonds is 25. The highest BCUT2D eigenvalue weighted by Crippen LogP contribution is 2.51. The quantitative estimate of drug-likeness (QED) is 0.0563. The Morgan fingerprint density at radius 3 is 1.55 bits per heavy atom. The first-order valence-corrected chi connectivity index (χ1v) is 22.0. The molecule has 4 nitrogen and oxygen atoms in total. The molecule has 3 heterocycles. The molecule has 0 aliphatic rings. The minimum Gasteiger partial charge on any atom is -0.491 e. The van der Waals surface area contributed by atoms with Crippen molar-refractivity contribution in [3.63, 3.8) is 0 Å². The molecule has 0 radical (unpaired) electrons. The van der Waals surface area contributed by atoms with Crippen LogP contribution in [0, 0.1) is 13.8 Å². The van der Waals surface area contributed by atoms with Gasteiger partial charge in [-0.1, -0.05) is 142 Å². The van der Waals surface area contributed by atoms with E-state index in [2.05, 4.69) is 56.3 Å². The Morgan fingerprint density at radius 2 is 1.00 bits per heavy atom. The second-order valence-corrected chi connectivity index (χ2v) is 16.9. The summed E-state index contributed by atoms with van der Waals surface area (Å²) in [4.78, 5) is 2.50. The summed E-state index contributed by atoms with van der Waals surface area (Å²) in [5.74, 6) is 2.07. The van der Waals surface area contributed by atoms with E-state index in [4.69, 9.17) is 13.8 Å². The zero-order valence-electron chi connectivity index (χ0n) is 30.8. The number of unbranched alkanes of at least 4 members (excludes halogenated alkanes) is 18. The highest BCUT2D eigenvalue weighted by Gasteiger charge is 2.23. The molecule has 268 valence electrons. The Bertz CT molecular complexity index is 1620. The summed E-state index contributed by atoms with van der Waals surface area (Å²) in [6.45, 7) is 10.4. The van der Waals surface area contributed by atoms with Gasteiger partial charge in [0.15, 0.2) is 0 Å². The van der Waals surface area contributed by atoms with E-state index in [0.717, 1.165) is 54.2 Å². The van der Waals surface area contributed by atoms with Crippen molar-refractivity contribution in [2.75, 3.05) is 13.2 Å². The van der Waals surface area contributed by atoms with Gasteiger partial charge in [-0.2, -0.15) is 8.75 Å². The summed E-state index contributed by atoms with van der Waals surface area (Å²) in [7, 11) is 0. The predicted octanol–water partition coefficient (Wildman–Crippen LogP) is 15.0. The first-order chi connectivity index (χ1) is 24.1. The molecule has 49 heavy (non-hydrogen) atoms. The Balaban J connectivity index is 1.29. The summed E-state index contributed by atoms with van der Waals surface area (Å²) in [6.07, 6.45) is 26.5. The number of thiophene rings is 2. The van der Waals surface area contributed by atoms with Gasteiger partial charge in [-0.05, 0) is 44.4 Å². The largest absolute Gasteiger partial charge is 0.491 e. The van der Waals surface area contributed by atoms with Gasteiger partial charge in [-0.25, -0.2) is 0 Å². The normalized spacial score (nSPS) is 11.8. The van der Waals surface area contributed by atoms with Crippen LogP contribution in [0.4, 0.5) is 0 Å². The van der Waals surface area contributed by atoms with Crippen molar-refractivity contribution in [1.29, 1.82) is 0 Å². The van der Waals surface area contributed by atoms with Gasteiger partial charge in [0.05, 0.1) is 34.3 Å². The fourth-order valence-electron chi connectivity index (χ4n) is 6.96. The number of hydrogen-bond donors (Lipinski definition) is 0. The number of benzene rings is 2. The fraction of sp³-hybridized carbons (Fsp3) is 0.619. The summed E-state index contributed by atoms with van der Waals surface area (Å²) in [6, 6.07) is 9.04. The van der Waals surface area contributed by atoms with Crippen molar-refractivity contribution < 1.29 is 9.47 Å². The van der Waals surface area contributed by atoms with Gasteiger partial charge >= 0.3 is 0 Å². The lowest BCUT2D eigenvalue weighted by molar-refractivity contribution is 0.307. The molecule has 0 spiro atoms. The standard InChI is InChI=1S/C42H60N2O2S3/c1-5-7-9-11-13-15-17-19-21-23-27-45-39-34-29-32(4)47-41(34)40(46-28-24-22-20-18-16-14-12-10-8-6-2)35-30-36(48-42(35)39)33-26-25-31(3)37-38(33)44-49-43-37/h25-26,29-30H,5-24,27-28H2,1-4H3. The molecule has 2 aromatic carbocycles. The van der Waals surface area contributed by atoms with E-state index >= 15 is 0 Å². The van der Waals surface area contributed by atoms with Gasteiger partial charge in [0.2, 0.25) is 0 Å². The Labute approximate surface area is 308 Å². The molecule has 0 atom stereocenters. The lowest BCUT2D eigenvalue weighted by Crippen LogP contribution is -2.00. The van der Waals surface area contributed by atoms with Crippen molar-refractivity contribution in [1.82, 2.24) is 8.75 Å². The van der Waals surface area contributed by atoms with E-state index in [-0.39, 0.29) is 0 Å². The molecule has 0 N–H and O–H groups in total. The molecule has 0 bridgehead atoms. The van der Waals surface area contributed by atoms with Crippen molar-refractivity contribution in [2.24, 2.45) is 0 Å². The van der Waals surface area contributed by atoms with Crippen LogP contribution in [0.2, 0.25) is 0 Å². The van der Waals surface area contributed by atoms with Crippen molar-refractivity contribution in [3.8, 4) is 21.9 Å². The molecule has 0 amide bonds. The van der Waals surface area contributed by atoms with Gasteiger partial charge in [0.1, 0.15) is 22.5 Å². The third kappa shape index (κ3) is 10.6. The first kappa shape index (κ1) is 38.0. The average Bonchev–Trinajstić information content (AvgIpc) is 3.86. The number of aromatic nitrogens is 2. The van der Waals surface area contributed by atoms with Crippen LogP contribution in [0.5, 0.6) is 11.5 Å². The zero-order valence-corrected chi connectivity index (χ0v) is 33.3. The van der Waals surface area contributed by atoms with Gasteiger partial charge in [-0.3, -0.25) is 0 Å². The van der Waals surface area contributed by atoms with E-state index in [1.165, 1.54) is 163 Å². The Morgan fingerprint density at radius 1 is 0.531 bits per heavy atom. The van der Waals surface area contributed by atoms with Crippen LogP contribution in [0.15, 0.2) is 24.3 Å². The summed E-state index contributed by atoms with van der Waals surface area (Å²) in [5.41, 5.74) is 4.32. The lowest BCUT2D eigenvalue weighted by Gasteiger charge is -2.14. The molecule has 0 unspecified atom stereocenters. The molecule has 0 saturated carbocycles. The number of aryl methyl sites for hydroxylation is 2. The molecule has 0 fully saturated rings. The molecule has 0 aliphatic heterocycles. The monoisotopic (exact) mass is 720 g/mol. The molecule has 5 rings (SSSR count). The molecule has 7 heteroatoms. The third-order valence-electron chi connectivity index (χ3n) is 9.86. The van der Waals surface area contributed by atoms with Crippen molar-refractivity contribution in [3.05, 3.63) is 34.7 Å². The maximum atomic E-state index is 6.76. The van der Waals surface area contributed by atoms with E-state index in [0.29, 0.717) is 0 Å². The van der Waals surface area contributed by atoms with Gasteiger partial charge in [-0.15, -0.1) is 22.7 Å². The number of ether oxygens (including phenoxy) is 2. The minimum atomic E-state index is 0.756. The van der Waals surface area contributed by atoms with Crippen molar-refractivity contribution in [2.45, 2.75) is 156 Å². The van der Waals surface area contributed by atoms with E-state index in [1.54, 1.807) is 0 Å². The highest BCUT2D eigenvalue weighted by molar-refractivity contribution is 7.23. The van der Waals surface area contributed by atoms with Crippen LogP contribution in [-0.2, 0) is 0 Å². The number of fused-ring (bicyclic) bond motifs is 3. The smallest absolute Gasteiger partial charge is 0.146 e. The lowest BCUT2D eigenvalue weighted by atomic mass is 10.1. The van der Waals surface area contributed by atoms with Gasteiger partial charge < -0.3 is 9.47 Å². The fourth-order valence-corrected chi connectivity index (χ4v) is 9.80. The first-order valence-electron chi connectivity index (χ1n) is 19.6. The Kier molecular flexibility index (Phi) is 16.0. The highest BCUT2D eigenvalue weighted by atomic mass is 32.1. The predicted molar refractivity (Wildman–Crippen MR) is 218 cm³/mol. The molecule has 5 aromatic rings. The Hall–Kier alpha value is -2.22. The maximum Gasteiger partial charge on any atom is 0.146 e. The van der Waals surface area contributed by atoms with Crippen molar-refractivity contribution >= 4 is 65.6 Å². The molecule has 0 aliphatic carbocycles. The van der Waals surface area contributed by atoms with Crippen LogP contribution in [-0.4, -0.2) is 22.0 Å². The van der Waals surface area contributed by atoms with Crippen LogP contribution in [0.3, 0.4) is 0 Å². The molecular weight excluding hydrogens is 661 g/mol. The van der Waals surface area contributed by atoms with Crippen LogP contribution in [0.25, 0.3) is 41.6 Å². The summed E-state index contributed by atoms with van der Waals surface area (Å²) >= 11 is 4.96. The number of nitrogens with zero attached hydrogens (tertiary/aromatic N) is 2. The van der Waals surface area contributed by atoms with Gasteiger partial charge in [0.25, 0.3) is 0 Å². The summed E-state index contributed by atoms with van der Waals surface area (Å²) < 4.78 is 25.3. The van der Waals surface area contributed by atoms with E-state index in [1.807, 2.05) is 22.7 Å². The molecule has 0 saturated heterocycles. The SMILES string of the molecule is CCCCCCCCCCCCOc1c2cc(-c3ccc(C)c4nsnc34)sc2c(OCCCCCCCCCCCC)c2cc(C)sc12. The van der Waals surface area contributed by atoms with Crippen LogP contribution in [0.1, 0.15) is 153 Å².